The maximum absolute atomic E-state index is 12.2. The van der Waals surface area contributed by atoms with Crippen molar-refractivity contribution in [2.75, 3.05) is 12.4 Å². The smallest absolute Gasteiger partial charge is 0.253 e. The van der Waals surface area contributed by atoms with E-state index in [9.17, 15) is 4.79 Å². The largest absolute Gasteiger partial charge is 0.497 e. The number of methoxy groups -OCH3 is 1. The molecule has 2 N–H and O–H groups in total. The maximum atomic E-state index is 12.2. The van der Waals surface area contributed by atoms with Gasteiger partial charge in [-0.1, -0.05) is 19.1 Å². The Morgan fingerprint density at radius 2 is 2.00 bits per heavy atom. The van der Waals surface area contributed by atoms with Crippen LogP contribution in [-0.4, -0.2) is 24.0 Å². The van der Waals surface area contributed by atoms with Crippen molar-refractivity contribution in [3.8, 4) is 5.75 Å². The van der Waals surface area contributed by atoms with Gasteiger partial charge in [-0.2, -0.15) is 0 Å². The SMILES string of the molecule is CCC(C)Nc1cncc(C(=O)NCc2ccc(OC)cc2)c1. The second-order valence-corrected chi connectivity index (χ2v) is 5.45. The highest BCUT2D eigenvalue weighted by molar-refractivity contribution is 5.94. The van der Waals surface area contributed by atoms with Crippen molar-refractivity contribution in [3.05, 3.63) is 53.9 Å². The number of amides is 1. The summed E-state index contributed by atoms with van der Waals surface area (Å²) in [5, 5.41) is 6.22. The number of pyridine rings is 1. The van der Waals surface area contributed by atoms with E-state index in [0.717, 1.165) is 23.4 Å². The average Bonchev–Trinajstić information content (AvgIpc) is 2.60. The molecule has 1 unspecified atom stereocenters. The second kappa shape index (κ2) is 8.17. The van der Waals surface area contributed by atoms with E-state index in [4.69, 9.17) is 4.74 Å². The van der Waals surface area contributed by atoms with E-state index < -0.39 is 0 Å². The summed E-state index contributed by atoms with van der Waals surface area (Å²) in [5.74, 6) is 0.661. The van der Waals surface area contributed by atoms with Crippen LogP contribution < -0.4 is 15.4 Å². The summed E-state index contributed by atoms with van der Waals surface area (Å²) >= 11 is 0. The molecule has 23 heavy (non-hydrogen) atoms. The van der Waals surface area contributed by atoms with Gasteiger partial charge in [-0.05, 0) is 37.1 Å². The zero-order valence-electron chi connectivity index (χ0n) is 13.8. The van der Waals surface area contributed by atoms with E-state index in [1.165, 1.54) is 0 Å². The van der Waals surface area contributed by atoms with Gasteiger partial charge in [0.1, 0.15) is 5.75 Å². The van der Waals surface area contributed by atoms with Gasteiger partial charge in [-0.25, -0.2) is 0 Å². The van der Waals surface area contributed by atoms with Gasteiger partial charge < -0.3 is 15.4 Å². The molecule has 1 aromatic carbocycles. The molecule has 5 nitrogen and oxygen atoms in total. The highest BCUT2D eigenvalue weighted by Gasteiger charge is 2.08. The van der Waals surface area contributed by atoms with Crippen LogP contribution in [0.5, 0.6) is 5.75 Å². The lowest BCUT2D eigenvalue weighted by atomic mass is 10.2. The fraction of sp³-hybridized carbons (Fsp3) is 0.333. The third kappa shape index (κ3) is 4.98. The number of ether oxygens (including phenoxy) is 1. The minimum atomic E-state index is -0.138. The number of benzene rings is 1. The standard InChI is InChI=1S/C18H23N3O2/c1-4-13(2)21-16-9-15(11-19-12-16)18(22)20-10-14-5-7-17(23-3)8-6-14/h5-9,11-13,21H,4,10H2,1-3H3,(H,20,22). The molecule has 0 aliphatic heterocycles. The van der Waals surface area contributed by atoms with Crippen molar-refractivity contribution in [3.63, 3.8) is 0 Å². The fourth-order valence-electron chi connectivity index (χ4n) is 2.06. The van der Waals surface area contributed by atoms with Gasteiger partial charge in [-0.3, -0.25) is 9.78 Å². The molecule has 0 saturated carbocycles. The molecule has 5 heteroatoms. The van der Waals surface area contributed by atoms with Crippen molar-refractivity contribution in [2.45, 2.75) is 32.9 Å². The first kappa shape index (κ1) is 16.8. The summed E-state index contributed by atoms with van der Waals surface area (Å²) in [4.78, 5) is 16.4. The van der Waals surface area contributed by atoms with Crippen molar-refractivity contribution in [1.82, 2.24) is 10.3 Å². The highest BCUT2D eigenvalue weighted by Crippen LogP contribution is 2.13. The van der Waals surface area contributed by atoms with Crippen LogP contribution in [0.25, 0.3) is 0 Å². The van der Waals surface area contributed by atoms with Crippen molar-refractivity contribution < 1.29 is 9.53 Å². The summed E-state index contributed by atoms with van der Waals surface area (Å²) in [6, 6.07) is 9.77. The molecule has 0 aliphatic carbocycles. The highest BCUT2D eigenvalue weighted by atomic mass is 16.5. The molecule has 1 atom stereocenters. The van der Waals surface area contributed by atoms with E-state index in [0.29, 0.717) is 18.2 Å². The summed E-state index contributed by atoms with van der Waals surface area (Å²) in [5.41, 5.74) is 2.42. The predicted octanol–water partition coefficient (Wildman–Crippen LogP) is 3.23. The minimum absolute atomic E-state index is 0.138. The van der Waals surface area contributed by atoms with E-state index in [2.05, 4.69) is 29.5 Å². The van der Waals surface area contributed by atoms with Gasteiger partial charge in [0.15, 0.2) is 0 Å². The number of hydrogen-bond acceptors (Lipinski definition) is 4. The van der Waals surface area contributed by atoms with Crippen LogP contribution in [0.2, 0.25) is 0 Å². The molecule has 0 bridgehead atoms. The van der Waals surface area contributed by atoms with Crippen molar-refractivity contribution in [2.24, 2.45) is 0 Å². The zero-order valence-corrected chi connectivity index (χ0v) is 13.8. The number of nitrogens with zero attached hydrogens (tertiary/aromatic N) is 1. The molecule has 0 radical (unpaired) electrons. The topological polar surface area (TPSA) is 63.2 Å². The first-order chi connectivity index (χ1) is 11.1. The van der Waals surface area contributed by atoms with Crippen molar-refractivity contribution >= 4 is 11.6 Å². The quantitative estimate of drug-likeness (QED) is 0.824. The van der Waals surface area contributed by atoms with Gasteiger partial charge in [0.05, 0.1) is 18.4 Å². The predicted molar refractivity (Wildman–Crippen MR) is 91.8 cm³/mol. The number of carbonyl (C=O) groups is 1. The van der Waals surface area contributed by atoms with Crippen LogP contribution in [0.1, 0.15) is 36.2 Å². The van der Waals surface area contributed by atoms with Crippen molar-refractivity contribution in [1.29, 1.82) is 0 Å². The third-order valence-electron chi connectivity index (χ3n) is 3.64. The van der Waals surface area contributed by atoms with Gasteiger partial charge in [0.2, 0.25) is 0 Å². The van der Waals surface area contributed by atoms with Crippen LogP contribution in [0.3, 0.4) is 0 Å². The second-order valence-electron chi connectivity index (χ2n) is 5.45. The average molecular weight is 313 g/mol. The van der Waals surface area contributed by atoms with E-state index in [1.807, 2.05) is 30.3 Å². The number of nitrogens with one attached hydrogen (secondary N) is 2. The van der Waals surface area contributed by atoms with Crippen LogP contribution in [0.15, 0.2) is 42.7 Å². The Balaban J connectivity index is 1.95. The first-order valence-corrected chi connectivity index (χ1v) is 7.75. The van der Waals surface area contributed by atoms with Gasteiger partial charge in [0.25, 0.3) is 5.91 Å². The number of hydrogen-bond donors (Lipinski definition) is 2. The summed E-state index contributed by atoms with van der Waals surface area (Å²) < 4.78 is 5.12. The number of rotatable bonds is 7. The first-order valence-electron chi connectivity index (χ1n) is 7.75. The van der Waals surface area contributed by atoms with Crippen LogP contribution >= 0.6 is 0 Å². The number of anilines is 1. The van der Waals surface area contributed by atoms with Crippen LogP contribution in [-0.2, 0) is 6.54 Å². The Hall–Kier alpha value is -2.56. The lowest BCUT2D eigenvalue weighted by Gasteiger charge is -2.13. The van der Waals surface area contributed by atoms with Gasteiger partial charge >= 0.3 is 0 Å². The monoisotopic (exact) mass is 313 g/mol. The summed E-state index contributed by atoms with van der Waals surface area (Å²) in [7, 11) is 1.63. The van der Waals surface area contributed by atoms with E-state index in [-0.39, 0.29) is 5.91 Å². The molecule has 0 saturated heterocycles. The van der Waals surface area contributed by atoms with E-state index >= 15 is 0 Å². The lowest BCUT2D eigenvalue weighted by molar-refractivity contribution is 0.0950. The molecule has 0 aliphatic rings. The molecule has 2 rings (SSSR count). The van der Waals surface area contributed by atoms with Gasteiger partial charge in [0, 0.05) is 25.0 Å². The Morgan fingerprint density at radius 3 is 2.65 bits per heavy atom. The maximum Gasteiger partial charge on any atom is 0.253 e. The normalized spacial score (nSPS) is 11.6. The fourth-order valence-corrected chi connectivity index (χ4v) is 2.06. The Labute approximate surface area is 137 Å². The molecule has 2 aromatic rings. The molecular weight excluding hydrogens is 290 g/mol. The Kier molecular flexibility index (Phi) is 5.97. The third-order valence-corrected chi connectivity index (χ3v) is 3.64. The minimum Gasteiger partial charge on any atom is -0.497 e. The number of aromatic nitrogens is 1. The lowest BCUT2D eigenvalue weighted by Crippen LogP contribution is -2.23. The summed E-state index contributed by atoms with van der Waals surface area (Å²) in [6.45, 7) is 4.67. The molecule has 1 amide bonds. The molecule has 1 heterocycles. The number of carbonyl (C=O) groups excluding carboxylic acids is 1. The zero-order chi connectivity index (χ0) is 16.7. The molecule has 1 aromatic heterocycles. The Morgan fingerprint density at radius 1 is 1.26 bits per heavy atom. The molecule has 0 spiro atoms. The Bertz CT molecular complexity index is 641. The summed E-state index contributed by atoms with van der Waals surface area (Å²) in [6.07, 6.45) is 4.31. The van der Waals surface area contributed by atoms with Gasteiger partial charge in [-0.15, -0.1) is 0 Å². The van der Waals surface area contributed by atoms with Crippen LogP contribution in [0, 0.1) is 0 Å². The van der Waals surface area contributed by atoms with E-state index in [1.54, 1.807) is 19.5 Å². The molecule has 122 valence electrons. The molecular formula is C18H23N3O2. The van der Waals surface area contributed by atoms with Crippen LogP contribution in [0.4, 0.5) is 5.69 Å². The molecule has 0 fully saturated rings.